The fourth-order valence-corrected chi connectivity index (χ4v) is 4.05. The zero-order chi connectivity index (χ0) is 18.3. The third kappa shape index (κ3) is 2.98. The van der Waals surface area contributed by atoms with E-state index in [0.29, 0.717) is 29.9 Å². The molecule has 1 unspecified atom stereocenters. The molecule has 136 valence electrons. The molecule has 1 N–H and O–H groups in total. The third-order valence-electron chi connectivity index (χ3n) is 5.63. The molecule has 7 heteroatoms. The minimum atomic E-state index is -0.979. The van der Waals surface area contributed by atoms with Gasteiger partial charge in [-0.2, -0.15) is 0 Å². The van der Waals surface area contributed by atoms with Crippen molar-refractivity contribution in [1.29, 1.82) is 0 Å². The van der Waals surface area contributed by atoms with Gasteiger partial charge in [0.2, 0.25) is 5.91 Å². The van der Waals surface area contributed by atoms with Crippen LogP contribution in [0.4, 0.5) is 0 Å². The number of carbonyl (C=O) groups is 2. The Morgan fingerprint density at radius 3 is 2.62 bits per heavy atom. The first-order chi connectivity index (χ1) is 12.5. The summed E-state index contributed by atoms with van der Waals surface area (Å²) < 4.78 is 1.79. The number of hydrogen-bond donors (Lipinski definition) is 1. The van der Waals surface area contributed by atoms with Gasteiger partial charge in [-0.25, -0.2) is 4.79 Å². The van der Waals surface area contributed by atoms with Gasteiger partial charge in [-0.3, -0.25) is 4.79 Å². The summed E-state index contributed by atoms with van der Waals surface area (Å²) in [5.74, 6) is 1.10. The first-order valence-electron chi connectivity index (χ1n) is 8.99. The highest BCUT2D eigenvalue weighted by Crippen LogP contribution is 2.43. The van der Waals surface area contributed by atoms with Crippen LogP contribution >= 0.6 is 0 Å². The molecule has 1 amide bonds. The summed E-state index contributed by atoms with van der Waals surface area (Å²) >= 11 is 0. The Hall–Kier alpha value is -2.70. The van der Waals surface area contributed by atoms with E-state index >= 15 is 0 Å². The van der Waals surface area contributed by atoms with Crippen LogP contribution in [-0.4, -0.2) is 42.7 Å². The average molecular weight is 354 g/mol. The molecule has 1 aliphatic heterocycles. The second kappa shape index (κ2) is 6.55. The molecule has 1 aromatic heterocycles. The molecule has 1 saturated carbocycles. The predicted octanol–water partition coefficient (Wildman–Crippen LogP) is 1.97. The average Bonchev–Trinajstić information content (AvgIpc) is 2.97. The molecular formula is C19H22N4O3. The molecule has 1 aliphatic carbocycles. The second-order valence-electron chi connectivity index (χ2n) is 7.30. The molecule has 26 heavy (non-hydrogen) atoms. The number of carboxylic acid groups (broad SMARTS) is 1. The maximum atomic E-state index is 12.8. The molecule has 1 atom stereocenters. The smallest absolute Gasteiger partial charge is 0.328 e. The van der Waals surface area contributed by atoms with Crippen LogP contribution in [0.15, 0.2) is 30.3 Å². The van der Waals surface area contributed by atoms with Gasteiger partial charge in [0.15, 0.2) is 5.82 Å². The summed E-state index contributed by atoms with van der Waals surface area (Å²) in [7, 11) is 0. The van der Waals surface area contributed by atoms with E-state index in [-0.39, 0.29) is 19.0 Å². The van der Waals surface area contributed by atoms with Crippen molar-refractivity contribution in [3.8, 4) is 0 Å². The molecule has 7 nitrogen and oxygen atoms in total. The highest BCUT2D eigenvalue weighted by molar-refractivity contribution is 5.84. The Morgan fingerprint density at radius 2 is 1.92 bits per heavy atom. The van der Waals surface area contributed by atoms with Gasteiger partial charge < -0.3 is 14.6 Å². The summed E-state index contributed by atoms with van der Waals surface area (Å²) in [6.07, 6.45) is 2.37. The van der Waals surface area contributed by atoms with E-state index in [9.17, 15) is 14.7 Å². The number of rotatable bonds is 4. The van der Waals surface area contributed by atoms with Crippen molar-refractivity contribution in [1.82, 2.24) is 19.7 Å². The van der Waals surface area contributed by atoms with Crippen LogP contribution in [0.25, 0.3) is 0 Å². The van der Waals surface area contributed by atoms with Gasteiger partial charge in [0, 0.05) is 6.42 Å². The Kier molecular flexibility index (Phi) is 4.22. The number of nitrogens with zero attached hydrogens (tertiary/aromatic N) is 4. The van der Waals surface area contributed by atoms with Crippen LogP contribution in [0.3, 0.4) is 0 Å². The quantitative estimate of drug-likeness (QED) is 0.907. The van der Waals surface area contributed by atoms with Crippen LogP contribution in [-0.2, 0) is 22.7 Å². The normalized spacial score (nSPS) is 24.7. The number of benzene rings is 1. The first kappa shape index (κ1) is 16.8. The van der Waals surface area contributed by atoms with Crippen molar-refractivity contribution in [3.05, 3.63) is 47.5 Å². The van der Waals surface area contributed by atoms with Gasteiger partial charge in [-0.1, -0.05) is 30.3 Å². The minimum Gasteiger partial charge on any atom is -0.480 e. The van der Waals surface area contributed by atoms with Crippen molar-refractivity contribution in [2.75, 3.05) is 0 Å². The zero-order valence-electron chi connectivity index (χ0n) is 14.7. The van der Waals surface area contributed by atoms with E-state index in [1.807, 2.05) is 18.2 Å². The van der Waals surface area contributed by atoms with E-state index < -0.39 is 12.0 Å². The molecule has 2 heterocycles. The van der Waals surface area contributed by atoms with Crippen LogP contribution in [0, 0.1) is 12.8 Å². The molecule has 4 rings (SSSR count). The van der Waals surface area contributed by atoms with Crippen molar-refractivity contribution in [2.45, 2.75) is 51.2 Å². The number of aryl methyl sites for hydroxylation is 1. The number of aliphatic carboxylic acids is 1. The molecule has 0 spiro atoms. The Balaban J connectivity index is 1.40. The highest BCUT2D eigenvalue weighted by Gasteiger charge is 2.39. The first-order valence-corrected chi connectivity index (χ1v) is 8.99. The van der Waals surface area contributed by atoms with E-state index in [2.05, 4.69) is 22.3 Å². The molecule has 2 aromatic rings. The van der Waals surface area contributed by atoms with Crippen LogP contribution in [0.5, 0.6) is 0 Å². The molecule has 2 aliphatic rings. The van der Waals surface area contributed by atoms with Crippen LogP contribution in [0.1, 0.15) is 42.4 Å². The summed E-state index contributed by atoms with van der Waals surface area (Å²) in [6.45, 7) is 2.23. The maximum absolute atomic E-state index is 12.8. The summed E-state index contributed by atoms with van der Waals surface area (Å²) in [4.78, 5) is 25.9. The summed E-state index contributed by atoms with van der Waals surface area (Å²) in [5, 5.41) is 17.6. The topological polar surface area (TPSA) is 88.3 Å². The number of carbonyl (C=O) groups excluding carboxylic acids is 1. The predicted molar refractivity (Wildman–Crippen MR) is 93.3 cm³/mol. The van der Waals surface area contributed by atoms with Gasteiger partial charge in [-0.05, 0) is 37.2 Å². The molecule has 0 radical (unpaired) electrons. The van der Waals surface area contributed by atoms with E-state index in [4.69, 9.17) is 0 Å². The maximum Gasteiger partial charge on any atom is 0.328 e. The van der Waals surface area contributed by atoms with Gasteiger partial charge in [0.25, 0.3) is 0 Å². The monoisotopic (exact) mass is 354 g/mol. The summed E-state index contributed by atoms with van der Waals surface area (Å²) in [5.41, 5.74) is 1.32. The lowest BCUT2D eigenvalue weighted by atomic mass is 9.70. The number of amides is 1. The van der Waals surface area contributed by atoms with E-state index in [1.165, 1.54) is 10.5 Å². The van der Waals surface area contributed by atoms with Crippen LogP contribution < -0.4 is 0 Å². The zero-order valence-corrected chi connectivity index (χ0v) is 14.7. The van der Waals surface area contributed by atoms with Crippen molar-refractivity contribution < 1.29 is 14.7 Å². The molecule has 1 fully saturated rings. The fraction of sp³-hybridized carbons (Fsp3) is 0.474. The van der Waals surface area contributed by atoms with Gasteiger partial charge in [0.1, 0.15) is 11.9 Å². The Morgan fingerprint density at radius 1 is 1.19 bits per heavy atom. The van der Waals surface area contributed by atoms with Gasteiger partial charge in [-0.15, -0.1) is 10.2 Å². The van der Waals surface area contributed by atoms with Crippen molar-refractivity contribution in [2.24, 2.45) is 5.92 Å². The Bertz CT molecular complexity index is 827. The third-order valence-corrected chi connectivity index (χ3v) is 5.63. The Labute approximate surface area is 151 Å². The molecule has 1 aromatic carbocycles. The summed E-state index contributed by atoms with van der Waals surface area (Å²) in [6, 6.07) is 9.49. The largest absolute Gasteiger partial charge is 0.480 e. The SMILES string of the molecule is Cc1nnc2n1CC(C(=O)O)N(C(=O)CC1CC(c3ccccc3)C1)C2. The minimum absolute atomic E-state index is 0.0965. The number of fused-ring (bicyclic) bond motifs is 1. The van der Waals surface area contributed by atoms with Gasteiger partial charge >= 0.3 is 5.97 Å². The second-order valence-corrected chi connectivity index (χ2v) is 7.30. The molecular weight excluding hydrogens is 332 g/mol. The lowest BCUT2D eigenvalue weighted by Crippen LogP contribution is -2.51. The van der Waals surface area contributed by atoms with Crippen molar-refractivity contribution in [3.63, 3.8) is 0 Å². The van der Waals surface area contributed by atoms with Gasteiger partial charge in [0.05, 0.1) is 13.1 Å². The standard InChI is InChI=1S/C19H22N4O3/c1-12-20-21-17-11-23(16(19(25)26)10-22(12)17)18(24)9-13-7-15(8-13)14-5-3-2-4-6-14/h2-6,13,15-16H,7-11H2,1H3,(H,25,26). The van der Waals surface area contributed by atoms with E-state index in [0.717, 1.165) is 12.8 Å². The van der Waals surface area contributed by atoms with Crippen LogP contribution in [0.2, 0.25) is 0 Å². The molecule has 0 saturated heterocycles. The number of hydrogen-bond acceptors (Lipinski definition) is 4. The lowest BCUT2D eigenvalue weighted by Gasteiger charge is -2.38. The lowest BCUT2D eigenvalue weighted by molar-refractivity contribution is -0.153. The number of carboxylic acids is 1. The molecule has 0 bridgehead atoms. The van der Waals surface area contributed by atoms with Crippen molar-refractivity contribution >= 4 is 11.9 Å². The van der Waals surface area contributed by atoms with E-state index in [1.54, 1.807) is 11.5 Å². The fourth-order valence-electron chi connectivity index (χ4n) is 4.05. The number of aromatic nitrogens is 3. The highest BCUT2D eigenvalue weighted by atomic mass is 16.4.